The summed E-state index contributed by atoms with van der Waals surface area (Å²) in [6.07, 6.45) is 7.17. The van der Waals surface area contributed by atoms with E-state index in [1.54, 1.807) is 24.3 Å². The van der Waals surface area contributed by atoms with E-state index in [4.69, 9.17) is 6.42 Å². The van der Waals surface area contributed by atoms with E-state index in [9.17, 15) is 14.4 Å². The maximum Gasteiger partial charge on any atom is 0.324 e. The minimum Gasteiger partial charge on any atom is -0.352 e. The molecule has 0 spiro atoms. The molecule has 0 unspecified atom stereocenters. The molecule has 2 aliphatic rings. The average molecular weight is 353 g/mol. The molecular formula is C18H19N5O3. The fourth-order valence-corrected chi connectivity index (χ4v) is 2.76. The Bertz CT molecular complexity index is 789. The molecule has 8 nitrogen and oxygen atoms in total. The van der Waals surface area contributed by atoms with Crippen LogP contribution in [0.25, 0.3) is 0 Å². The molecular weight excluding hydrogens is 334 g/mol. The van der Waals surface area contributed by atoms with Crippen LogP contribution < -0.4 is 10.6 Å². The maximum atomic E-state index is 12.3. The second-order valence-corrected chi connectivity index (χ2v) is 6.23. The molecule has 0 bridgehead atoms. The van der Waals surface area contributed by atoms with Crippen LogP contribution in [-0.4, -0.2) is 41.5 Å². The van der Waals surface area contributed by atoms with Gasteiger partial charge in [-0.2, -0.15) is 10.2 Å². The predicted molar refractivity (Wildman–Crippen MR) is 93.0 cm³/mol. The third-order valence-electron chi connectivity index (χ3n) is 4.33. The van der Waals surface area contributed by atoms with Crippen LogP contribution >= 0.6 is 0 Å². The normalized spacial score (nSPS) is 17.0. The van der Waals surface area contributed by atoms with Crippen LogP contribution in [0.1, 0.15) is 35.2 Å². The second kappa shape index (κ2) is 7.35. The van der Waals surface area contributed by atoms with E-state index in [0.29, 0.717) is 36.9 Å². The van der Waals surface area contributed by atoms with Gasteiger partial charge in [0.1, 0.15) is 0 Å². The Labute approximate surface area is 151 Å². The maximum absolute atomic E-state index is 12.3. The highest BCUT2D eigenvalue weighted by Crippen LogP contribution is 2.36. The largest absolute Gasteiger partial charge is 0.352 e. The van der Waals surface area contributed by atoms with Gasteiger partial charge in [-0.25, -0.2) is 4.79 Å². The van der Waals surface area contributed by atoms with Crippen LogP contribution in [0.4, 0.5) is 4.79 Å². The number of amides is 4. The van der Waals surface area contributed by atoms with Gasteiger partial charge in [0.05, 0.1) is 13.1 Å². The molecule has 0 aliphatic carbocycles. The Hall–Kier alpha value is -3.21. The lowest BCUT2D eigenvalue weighted by atomic mass is 10.0. The number of terminal acetylenes is 1. The molecule has 0 atom stereocenters. The van der Waals surface area contributed by atoms with Gasteiger partial charge in [0.25, 0.3) is 5.91 Å². The van der Waals surface area contributed by atoms with E-state index >= 15 is 0 Å². The monoisotopic (exact) mass is 353 g/mol. The first-order valence-electron chi connectivity index (χ1n) is 8.36. The standard InChI is InChI=1S/C18H19N5O3/c1-2-3-7-18(21-22-18)8-9-19-16(25)14-6-4-5-13(10-14)12-23-15(24)11-20-17(23)26/h1,4-6,10H,3,7-9,11-12H2,(H,19,25)(H,20,26). The summed E-state index contributed by atoms with van der Waals surface area (Å²) in [6, 6.07) is 6.44. The van der Waals surface area contributed by atoms with Crippen molar-refractivity contribution in [1.29, 1.82) is 0 Å². The fourth-order valence-electron chi connectivity index (χ4n) is 2.76. The second-order valence-electron chi connectivity index (χ2n) is 6.23. The molecule has 134 valence electrons. The van der Waals surface area contributed by atoms with Gasteiger partial charge >= 0.3 is 6.03 Å². The molecule has 8 heteroatoms. The highest BCUT2D eigenvalue weighted by atomic mass is 16.2. The van der Waals surface area contributed by atoms with Crippen molar-refractivity contribution in [3.8, 4) is 12.3 Å². The fraction of sp³-hybridized carbons (Fsp3) is 0.389. The van der Waals surface area contributed by atoms with Gasteiger partial charge in [-0.05, 0) is 17.7 Å². The van der Waals surface area contributed by atoms with Crippen molar-refractivity contribution in [1.82, 2.24) is 15.5 Å². The van der Waals surface area contributed by atoms with E-state index < -0.39 is 11.7 Å². The van der Waals surface area contributed by atoms with Gasteiger partial charge in [0, 0.05) is 31.4 Å². The number of nitrogens with zero attached hydrogens (tertiary/aromatic N) is 3. The van der Waals surface area contributed by atoms with Crippen LogP contribution in [0.3, 0.4) is 0 Å². The molecule has 4 amide bonds. The van der Waals surface area contributed by atoms with Crippen molar-refractivity contribution >= 4 is 17.8 Å². The predicted octanol–water partition coefficient (Wildman–Crippen LogP) is 1.43. The highest BCUT2D eigenvalue weighted by molar-refractivity contribution is 6.02. The minimum absolute atomic E-state index is 0.0105. The van der Waals surface area contributed by atoms with Gasteiger partial charge in [0.2, 0.25) is 5.91 Å². The topological polar surface area (TPSA) is 103 Å². The number of carbonyl (C=O) groups excluding carboxylic acids is 3. The van der Waals surface area contributed by atoms with E-state index in [1.807, 2.05) is 0 Å². The Kier molecular flexibility index (Phi) is 4.98. The molecule has 0 aromatic heterocycles. The molecule has 1 aromatic carbocycles. The molecule has 3 rings (SSSR count). The number of hydrogen-bond donors (Lipinski definition) is 2. The van der Waals surface area contributed by atoms with Gasteiger partial charge in [-0.3, -0.25) is 14.5 Å². The summed E-state index contributed by atoms with van der Waals surface area (Å²) in [5.41, 5.74) is 0.753. The van der Waals surface area contributed by atoms with Crippen molar-refractivity contribution < 1.29 is 14.4 Å². The van der Waals surface area contributed by atoms with Crippen LogP contribution in [0.15, 0.2) is 34.5 Å². The Balaban J connectivity index is 1.53. The molecule has 2 N–H and O–H groups in total. The summed E-state index contributed by atoms with van der Waals surface area (Å²) in [5.74, 6) is 2.06. The van der Waals surface area contributed by atoms with Crippen LogP contribution in [0.2, 0.25) is 0 Å². The number of nitrogens with one attached hydrogen (secondary N) is 2. The number of urea groups is 1. The summed E-state index contributed by atoms with van der Waals surface area (Å²) < 4.78 is 0. The molecule has 1 saturated heterocycles. The van der Waals surface area contributed by atoms with Gasteiger partial charge in [0.15, 0.2) is 5.66 Å². The average Bonchev–Trinajstić information content (AvgIpc) is 3.35. The third-order valence-corrected chi connectivity index (χ3v) is 4.33. The van der Waals surface area contributed by atoms with Gasteiger partial charge < -0.3 is 10.6 Å². The van der Waals surface area contributed by atoms with Crippen LogP contribution in [-0.2, 0) is 11.3 Å². The molecule has 0 saturated carbocycles. The molecule has 0 radical (unpaired) electrons. The Morgan fingerprint density at radius 2 is 2.15 bits per heavy atom. The first-order chi connectivity index (χ1) is 12.5. The van der Waals surface area contributed by atoms with E-state index in [2.05, 4.69) is 26.8 Å². The van der Waals surface area contributed by atoms with Crippen LogP contribution in [0.5, 0.6) is 0 Å². The summed E-state index contributed by atoms with van der Waals surface area (Å²) in [6.45, 7) is 0.586. The molecule has 1 fully saturated rings. The van der Waals surface area contributed by atoms with Crippen molar-refractivity contribution in [2.24, 2.45) is 10.2 Å². The summed E-state index contributed by atoms with van der Waals surface area (Å²) >= 11 is 0. The van der Waals surface area contributed by atoms with Crippen molar-refractivity contribution in [2.75, 3.05) is 13.1 Å². The Morgan fingerprint density at radius 1 is 1.35 bits per heavy atom. The number of carbonyl (C=O) groups is 3. The lowest BCUT2D eigenvalue weighted by Crippen LogP contribution is -2.31. The van der Waals surface area contributed by atoms with Crippen LogP contribution in [0, 0.1) is 12.3 Å². The summed E-state index contributed by atoms with van der Waals surface area (Å²) in [5, 5.41) is 13.4. The van der Waals surface area contributed by atoms with E-state index in [0.717, 1.165) is 4.90 Å². The molecule has 26 heavy (non-hydrogen) atoms. The van der Waals surface area contributed by atoms with Crippen molar-refractivity contribution in [2.45, 2.75) is 31.5 Å². The number of benzene rings is 1. The lowest BCUT2D eigenvalue weighted by molar-refractivity contribution is -0.125. The Morgan fingerprint density at radius 3 is 2.81 bits per heavy atom. The summed E-state index contributed by atoms with van der Waals surface area (Å²) in [7, 11) is 0. The zero-order valence-corrected chi connectivity index (χ0v) is 14.2. The SMILES string of the molecule is C#CCCC1(CCNC(=O)c2cccc(CN3C(=O)CNC3=O)c2)N=N1. The third kappa shape index (κ3) is 4.06. The molecule has 1 aromatic rings. The van der Waals surface area contributed by atoms with Gasteiger partial charge in [-0.15, -0.1) is 12.3 Å². The first kappa shape index (κ1) is 17.6. The van der Waals surface area contributed by atoms with E-state index in [-0.39, 0.29) is 24.9 Å². The van der Waals surface area contributed by atoms with Crippen molar-refractivity contribution in [3.63, 3.8) is 0 Å². The van der Waals surface area contributed by atoms with Gasteiger partial charge in [-0.1, -0.05) is 12.1 Å². The number of rotatable bonds is 8. The zero-order chi connectivity index (χ0) is 18.6. The number of hydrogen-bond acceptors (Lipinski definition) is 5. The van der Waals surface area contributed by atoms with Crippen molar-refractivity contribution in [3.05, 3.63) is 35.4 Å². The lowest BCUT2D eigenvalue weighted by Gasteiger charge is -2.13. The molecule has 2 aliphatic heterocycles. The highest BCUT2D eigenvalue weighted by Gasteiger charge is 2.38. The number of imide groups is 1. The van der Waals surface area contributed by atoms with E-state index in [1.165, 1.54) is 0 Å². The molecule has 2 heterocycles. The minimum atomic E-state index is -0.426. The smallest absolute Gasteiger partial charge is 0.324 e. The zero-order valence-electron chi connectivity index (χ0n) is 14.2. The summed E-state index contributed by atoms with van der Waals surface area (Å²) in [4.78, 5) is 36.7. The quantitative estimate of drug-likeness (QED) is 0.546. The first-order valence-corrected chi connectivity index (χ1v) is 8.36.